The second kappa shape index (κ2) is 4.96. The molecule has 0 heterocycles. The van der Waals surface area contributed by atoms with Gasteiger partial charge in [-0.2, -0.15) is 13.2 Å². The van der Waals surface area contributed by atoms with E-state index in [0.717, 1.165) is 6.07 Å². The minimum absolute atomic E-state index is 0.0268. The normalized spacial score (nSPS) is 12.6. The van der Waals surface area contributed by atoms with Crippen molar-refractivity contribution < 1.29 is 18.0 Å². The van der Waals surface area contributed by atoms with Crippen LogP contribution in [0, 0.1) is 0 Å². The lowest BCUT2D eigenvalue weighted by atomic mass is 10.0. The smallest absolute Gasteiger partial charge is 0.298 e. The Labute approximate surface area is 91.6 Å². The second-order valence-electron chi connectivity index (χ2n) is 3.28. The molecule has 0 spiro atoms. The van der Waals surface area contributed by atoms with Crippen LogP contribution in [0.4, 0.5) is 13.2 Å². The van der Waals surface area contributed by atoms with E-state index in [1.807, 2.05) is 0 Å². The Morgan fingerprint density at radius 3 is 2.44 bits per heavy atom. The van der Waals surface area contributed by atoms with Crippen LogP contribution in [-0.4, -0.2) is 6.29 Å². The molecule has 0 bridgehead atoms. The highest BCUT2D eigenvalue weighted by Gasteiger charge is 2.32. The molecule has 1 aromatic rings. The van der Waals surface area contributed by atoms with Crippen molar-refractivity contribution in [1.29, 1.82) is 0 Å². The van der Waals surface area contributed by atoms with Crippen molar-refractivity contribution >= 4 is 12.4 Å². The van der Waals surface area contributed by atoms with Gasteiger partial charge in [0.05, 0.1) is 5.56 Å². The molecule has 0 aliphatic carbocycles. The van der Waals surface area contributed by atoms with Gasteiger partial charge in [-0.15, -0.1) is 0 Å². The molecule has 0 aliphatic heterocycles. The van der Waals surface area contributed by atoms with Gasteiger partial charge >= 0.3 is 6.18 Å². The van der Waals surface area contributed by atoms with Crippen LogP contribution < -0.4 is 0 Å². The minimum atomic E-state index is -4.39. The number of hydrogen-bond donors (Lipinski definition) is 0. The highest BCUT2D eigenvalue weighted by molar-refractivity contribution is 5.82. The lowest BCUT2D eigenvalue weighted by molar-refractivity contribution is -0.137. The summed E-state index contributed by atoms with van der Waals surface area (Å²) in [6, 6.07) is 5.19. The first-order valence-electron chi connectivity index (χ1n) is 4.81. The van der Waals surface area contributed by atoms with Crippen molar-refractivity contribution in [3.63, 3.8) is 0 Å². The summed E-state index contributed by atoms with van der Waals surface area (Å²) >= 11 is 0. The van der Waals surface area contributed by atoms with E-state index >= 15 is 0 Å². The number of rotatable bonds is 3. The third-order valence-corrected chi connectivity index (χ3v) is 2.17. The maximum absolute atomic E-state index is 12.6. The number of halogens is 3. The lowest BCUT2D eigenvalue weighted by Crippen LogP contribution is -2.07. The zero-order chi connectivity index (χ0) is 12.2. The van der Waals surface area contributed by atoms with E-state index in [4.69, 9.17) is 0 Å². The molecule has 1 aromatic carbocycles. The number of allylic oxidation sites excluding steroid dienone is 1. The lowest BCUT2D eigenvalue weighted by Gasteiger charge is -2.10. The fourth-order valence-electron chi connectivity index (χ4n) is 1.30. The van der Waals surface area contributed by atoms with Crippen molar-refractivity contribution in [3.05, 3.63) is 41.0 Å². The highest BCUT2D eigenvalue weighted by Crippen LogP contribution is 2.32. The van der Waals surface area contributed by atoms with E-state index < -0.39 is 11.7 Å². The summed E-state index contributed by atoms with van der Waals surface area (Å²) in [5, 5.41) is 0. The number of hydrogen-bond acceptors (Lipinski definition) is 1. The molecule has 0 unspecified atom stereocenters. The quantitative estimate of drug-likeness (QED) is 0.569. The Morgan fingerprint density at radius 2 is 1.94 bits per heavy atom. The number of carbonyl (C=O) groups excluding carboxylic acids is 1. The van der Waals surface area contributed by atoms with Crippen molar-refractivity contribution in [2.45, 2.75) is 19.5 Å². The van der Waals surface area contributed by atoms with Gasteiger partial charge in [-0.25, -0.2) is 0 Å². The predicted molar refractivity (Wildman–Crippen MR) is 55.8 cm³/mol. The van der Waals surface area contributed by atoms with Gasteiger partial charge in [-0.3, -0.25) is 4.79 Å². The molecule has 0 atom stereocenters. The Kier molecular flexibility index (Phi) is 3.88. The molecule has 1 rings (SSSR count). The first-order chi connectivity index (χ1) is 7.49. The molecule has 0 radical (unpaired) electrons. The minimum Gasteiger partial charge on any atom is -0.298 e. The molecular formula is C12H11F3O. The number of alkyl halides is 3. The molecule has 0 saturated heterocycles. The van der Waals surface area contributed by atoms with Crippen LogP contribution >= 0.6 is 0 Å². The number of benzene rings is 1. The molecule has 0 fully saturated rings. The van der Waals surface area contributed by atoms with Crippen LogP contribution in [0.15, 0.2) is 29.8 Å². The van der Waals surface area contributed by atoms with Gasteiger partial charge in [0.1, 0.15) is 6.29 Å². The molecule has 0 N–H and O–H groups in total. The molecular weight excluding hydrogens is 217 g/mol. The van der Waals surface area contributed by atoms with Crippen LogP contribution in [0.1, 0.15) is 24.5 Å². The number of aldehydes is 1. The van der Waals surface area contributed by atoms with Gasteiger partial charge in [0, 0.05) is 0 Å². The summed E-state index contributed by atoms with van der Waals surface area (Å²) in [4.78, 5) is 10.6. The maximum atomic E-state index is 12.6. The summed E-state index contributed by atoms with van der Waals surface area (Å²) in [5.74, 6) is 0. The molecule has 0 aromatic heterocycles. The molecule has 1 nitrogen and oxygen atoms in total. The molecule has 4 heteroatoms. The molecule has 0 saturated carbocycles. The highest BCUT2D eigenvalue weighted by atomic mass is 19.4. The zero-order valence-corrected chi connectivity index (χ0v) is 8.71. The first kappa shape index (κ1) is 12.5. The van der Waals surface area contributed by atoms with Crippen molar-refractivity contribution in [2.24, 2.45) is 0 Å². The van der Waals surface area contributed by atoms with E-state index in [9.17, 15) is 18.0 Å². The third kappa shape index (κ3) is 2.95. The average molecular weight is 228 g/mol. The van der Waals surface area contributed by atoms with E-state index in [-0.39, 0.29) is 5.56 Å². The van der Waals surface area contributed by atoms with E-state index in [2.05, 4.69) is 0 Å². The van der Waals surface area contributed by atoms with Gasteiger partial charge < -0.3 is 0 Å². The Morgan fingerprint density at radius 1 is 1.31 bits per heavy atom. The van der Waals surface area contributed by atoms with Crippen molar-refractivity contribution in [2.75, 3.05) is 0 Å². The SMILES string of the molecule is CC/C(C=O)=C/c1ccccc1C(F)(F)F. The summed E-state index contributed by atoms with van der Waals surface area (Å²) < 4.78 is 37.8. The summed E-state index contributed by atoms with van der Waals surface area (Å²) in [6.45, 7) is 1.72. The van der Waals surface area contributed by atoms with Crippen LogP contribution in [0.5, 0.6) is 0 Å². The Hall–Kier alpha value is -1.58. The largest absolute Gasteiger partial charge is 0.416 e. The van der Waals surface area contributed by atoms with Gasteiger partial charge in [0.2, 0.25) is 0 Å². The van der Waals surface area contributed by atoms with Crippen LogP contribution in [-0.2, 0) is 11.0 Å². The Balaban J connectivity index is 3.24. The summed E-state index contributed by atoms with van der Waals surface area (Å²) in [6.07, 6.45) is -2.13. The third-order valence-electron chi connectivity index (χ3n) is 2.17. The van der Waals surface area contributed by atoms with Crippen molar-refractivity contribution in [3.8, 4) is 0 Å². The fourth-order valence-corrected chi connectivity index (χ4v) is 1.30. The van der Waals surface area contributed by atoms with Crippen LogP contribution in [0.2, 0.25) is 0 Å². The standard InChI is InChI=1S/C12H11F3O/c1-2-9(8-16)7-10-5-3-4-6-11(10)12(13,14)15/h3-8H,2H2,1H3/b9-7-. The van der Waals surface area contributed by atoms with Gasteiger partial charge in [0.25, 0.3) is 0 Å². The number of carbonyl (C=O) groups is 1. The second-order valence-corrected chi connectivity index (χ2v) is 3.28. The fraction of sp³-hybridized carbons (Fsp3) is 0.250. The monoisotopic (exact) mass is 228 g/mol. The van der Waals surface area contributed by atoms with Crippen LogP contribution in [0.3, 0.4) is 0 Å². The molecule has 0 amide bonds. The molecule has 0 aliphatic rings. The topological polar surface area (TPSA) is 17.1 Å². The van der Waals surface area contributed by atoms with Gasteiger partial charge in [-0.1, -0.05) is 25.1 Å². The zero-order valence-electron chi connectivity index (χ0n) is 8.71. The van der Waals surface area contributed by atoms with Crippen molar-refractivity contribution in [1.82, 2.24) is 0 Å². The first-order valence-corrected chi connectivity index (χ1v) is 4.81. The predicted octanol–water partition coefficient (Wildman–Crippen LogP) is 3.70. The van der Waals surface area contributed by atoms with E-state index in [1.165, 1.54) is 24.3 Å². The maximum Gasteiger partial charge on any atom is 0.416 e. The van der Waals surface area contributed by atoms with E-state index in [0.29, 0.717) is 18.3 Å². The van der Waals surface area contributed by atoms with Gasteiger partial charge in [-0.05, 0) is 29.7 Å². The van der Waals surface area contributed by atoms with E-state index in [1.54, 1.807) is 6.92 Å². The average Bonchev–Trinajstić information content (AvgIpc) is 2.25. The molecule has 86 valence electrons. The van der Waals surface area contributed by atoms with Crippen LogP contribution in [0.25, 0.3) is 6.08 Å². The Bertz CT molecular complexity index is 405. The summed E-state index contributed by atoms with van der Waals surface area (Å²) in [7, 11) is 0. The van der Waals surface area contributed by atoms with Gasteiger partial charge in [0.15, 0.2) is 0 Å². The summed E-state index contributed by atoms with van der Waals surface area (Å²) in [5.41, 5.74) is -0.349. The molecule has 16 heavy (non-hydrogen) atoms.